The summed E-state index contributed by atoms with van der Waals surface area (Å²) < 4.78 is 0. The molecule has 86 valence electrons. The summed E-state index contributed by atoms with van der Waals surface area (Å²) in [5.41, 5.74) is 1.37. The number of benzene rings is 1. The minimum Gasteiger partial charge on any atom is -0.313 e. The minimum atomic E-state index is 0.993. The van der Waals surface area contributed by atoms with Crippen LogP contribution in [0.15, 0.2) is 43.1 Å². The van der Waals surface area contributed by atoms with E-state index in [4.69, 9.17) is 0 Å². The Hall–Kier alpha value is -1.28. The molecule has 0 radical (unpaired) electrons. The molecule has 0 unspecified atom stereocenters. The fraction of sp³-hybridized carbons (Fsp3) is 0.429. The van der Waals surface area contributed by atoms with Crippen LogP contribution in [0.5, 0.6) is 0 Å². The maximum absolute atomic E-state index is 3.90. The summed E-state index contributed by atoms with van der Waals surface area (Å²) in [4.78, 5) is 0. The third kappa shape index (κ3) is 2.86. The number of hydrogen-bond donors (Lipinski definition) is 0. The first-order valence-corrected chi connectivity index (χ1v) is 6.08. The van der Waals surface area contributed by atoms with Gasteiger partial charge in [-0.05, 0) is 18.4 Å². The second-order valence-electron chi connectivity index (χ2n) is 4.28. The molecule has 0 aliphatic carbocycles. The Bertz CT molecular complexity index is 321. The Kier molecular flexibility index (Phi) is 4.00. The van der Waals surface area contributed by atoms with Crippen LogP contribution in [0, 0.1) is 0 Å². The van der Waals surface area contributed by atoms with Crippen LogP contribution in [-0.4, -0.2) is 23.1 Å². The number of nitrogens with zero attached hydrogens (tertiary/aromatic N) is 2. The van der Waals surface area contributed by atoms with Crippen molar-refractivity contribution >= 4 is 0 Å². The summed E-state index contributed by atoms with van der Waals surface area (Å²) in [7, 11) is 0. The largest absolute Gasteiger partial charge is 0.313 e. The van der Waals surface area contributed by atoms with Gasteiger partial charge >= 0.3 is 0 Å². The van der Waals surface area contributed by atoms with Crippen molar-refractivity contribution in [3.63, 3.8) is 0 Å². The van der Waals surface area contributed by atoms with E-state index in [0.29, 0.717) is 0 Å². The second kappa shape index (κ2) is 5.71. The maximum atomic E-state index is 3.90. The molecule has 2 rings (SSSR count). The van der Waals surface area contributed by atoms with Gasteiger partial charge in [-0.2, -0.15) is 0 Å². The lowest BCUT2D eigenvalue weighted by atomic mass is 10.2. The van der Waals surface area contributed by atoms with E-state index in [1.165, 1.54) is 24.8 Å². The molecule has 1 fully saturated rings. The third-order valence-corrected chi connectivity index (χ3v) is 3.09. The van der Waals surface area contributed by atoms with Crippen LogP contribution in [0.25, 0.3) is 0 Å². The molecular formula is C14H20N2. The van der Waals surface area contributed by atoms with E-state index >= 15 is 0 Å². The molecule has 0 bridgehead atoms. The molecule has 0 saturated carbocycles. The highest BCUT2D eigenvalue weighted by molar-refractivity contribution is 5.14. The Morgan fingerprint density at radius 2 is 1.81 bits per heavy atom. The van der Waals surface area contributed by atoms with Crippen LogP contribution in [0.3, 0.4) is 0 Å². The molecule has 1 aromatic carbocycles. The molecule has 2 heteroatoms. The van der Waals surface area contributed by atoms with Gasteiger partial charge < -0.3 is 5.01 Å². The summed E-state index contributed by atoms with van der Waals surface area (Å²) >= 11 is 0. The first-order chi connectivity index (χ1) is 7.90. The lowest BCUT2D eigenvalue weighted by Crippen LogP contribution is -2.37. The third-order valence-electron chi connectivity index (χ3n) is 3.09. The van der Waals surface area contributed by atoms with Gasteiger partial charge in [0.05, 0.1) is 0 Å². The Balaban J connectivity index is 2.03. The van der Waals surface area contributed by atoms with Crippen molar-refractivity contribution in [1.29, 1.82) is 0 Å². The van der Waals surface area contributed by atoms with Gasteiger partial charge in [0.2, 0.25) is 0 Å². The van der Waals surface area contributed by atoms with Crippen molar-refractivity contribution in [2.75, 3.05) is 13.1 Å². The van der Waals surface area contributed by atoms with Crippen molar-refractivity contribution in [3.05, 3.63) is 48.7 Å². The standard InChI is InChI=1S/C14H20N2/c1-2-15-11-7-4-8-12-16(15)13-14-9-5-3-6-10-14/h2-3,5-6,9-10H,1,4,7-8,11-13H2. The Labute approximate surface area is 98.1 Å². The van der Waals surface area contributed by atoms with Crippen molar-refractivity contribution < 1.29 is 0 Å². The van der Waals surface area contributed by atoms with Gasteiger partial charge in [-0.25, -0.2) is 5.01 Å². The highest BCUT2D eigenvalue weighted by Gasteiger charge is 2.14. The fourth-order valence-corrected chi connectivity index (χ4v) is 2.19. The van der Waals surface area contributed by atoms with Crippen molar-refractivity contribution in [3.8, 4) is 0 Å². The van der Waals surface area contributed by atoms with E-state index in [1.54, 1.807) is 0 Å². The number of hydrazine groups is 1. The Morgan fingerprint density at radius 1 is 1.06 bits per heavy atom. The van der Waals surface area contributed by atoms with Crippen LogP contribution < -0.4 is 0 Å². The molecule has 1 aliphatic rings. The van der Waals surface area contributed by atoms with Gasteiger partial charge in [-0.15, -0.1) is 0 Å². The van der Waals surface area contributed by atoms with Crippen molar-refractivity contribution in [2.45, 2.75) is 25.8 Å². The molecule has 1 heterocycles. The minimum absolute atomic E-state index is 0.993. The molecule has 1 aliphatic heterocycles. The normalized spacial score (nSPS) is 18.1. The smallest absolute Gasteiger partial charge is 0.0431 e. The van der Waals surface area contributed by atoms with Crippen molar-refractivity contribution in [2.24, 2.45) is 0 Å². The van der Waals surface area contributed by atoms with E-state index in [-0.39, 0.29) is 0 Å². The quantitative estimate of drug-likeness (QED) is 0.766. The first-order valence-electron chi connectivity index (χ1n) is 6.08. The first kappa shape index (κ1) is 11.2. The molecule has 0 spiro atoms. The fourth-order valence-electron chi connectivity index (χ4n) is 2.19. The van der Waals surface area contributed by atoms with E-state index in [1.807, 2.05) is 6.20 Å². The molecule has 0 N–H and O–H groups in total. The molecule has 0 amide bonds. The maximum Gasteiger partial charge on any atom is 0.0431 e. The summed E-state index contributed by atoms with van der Waals surface area (Å²) in [5, 5.41) is 4.66. The summed E-state index contributed by atoms with van der Waals surface area (Å²) in [5.74, 6) is 0. The summed E-state index contributed by atoms with van der Waals surface area (Å²) in [6.45, 7) is 7.14. The second-order valence-corrected chi connectivity index (χ2v) is 4.28. The van der Waals surface area contributed by atoms with Crippen LogP contribution in [0.1, 0.15) is 24.8 Å². The lowest BCUT2D eigenvalue weighted by molar-refractivity contribution is 0.0236. The van der Waals surface area contributed by atoms with E-state index in [2.05, 4.69) is 46.9 Å². The number of hydrogen-bond acceptors (Lipinski definition) is 2. The average molecular weight is 216 g/mol. The zero-order valence-electron chi connectivity index (χ0n) is 9.81. The molecule has 16 heavy (non-hydrogen) atoms. The van der Waals surface area contributed by atoms with Crippen LogP contribution >= 0.6 is 0 Å². The van der Waals surface area contributed by atoms with E-state index < -0.39 is 0 Å². The molecule has 1 saturated heterocycles. The zero-order valence-corrected chi connectivity index (χ0v) is 9.81. The molecule has 0 aromatic heterocycles. The molecule has 0 atom stereocenters. The predicted molar refractivity (Wildman–Crippen MR) is 67.6 cm³/mol. The monoisotopic (exact) mass is 216 g/mol. The summed E-state index contributed by atoms with van der Waals surface area (Å²) in [6.07, 6.45) is 5.85. The summed E-state index contributed by atoms with van der Waals surface area (Å²) in [6, 6.07) is 10.6. The van der Waals surface area contributed by atoms with Gasteiger partial charge in [0.25, 0.3) is 0 Å². The highest BCUT2D eigenvalue weighted by atomic mass is 15.6. The molecule has 1 aromatic rings. The number of rotatable bonds is 3. The zero-order chi connectivity index (χ0) is 11.2. The van der Waals surface area contributed by atoms with Crippen molar-refractivity contribution in [1.82, 2.24) is 10.0 Å². The van der Waals surface area contributed by atoms with Gasteiger partial charge in [-0.3, -0.25) is 0 Å². The van der Waals surface area contributed by atoms with E-state index in [0.717, 1.165) is 19.6 Å². The average Bonchev–Trinajstić information content (AvgIpc) is 2.55. The van der Waals surface area contributed by atoms with Gasteiger partial charge in [0.1, 0.15) is 0 Å². The highest BCUT2D eigenvalue weighted by Crippen LogP contribution is 2.14. The topological polar surface area (TPSA) is 6.48 Å². The van der Waals surface area contributed by atoms with Crippen LogP contribution in [0.2, 0.25) is 0 Å². The SMILES string of the molecule is C=CN1CCCCCN1Cc1ccccc1. The predicted octanol–water partition coefficient (Wildman–Crippen LogP) is 3.03. The molecular weight excluding hydrogens is 196 g/mol. The van der Waals surface area contributed by atoms with Crippen LogP contribution in [-0.2, 0) is 6.54 Å². The Morgan fingerprint density at radius 3 is 2.56 bits per heavy atom. The van der Waals surface area contributed by atoms with E-state index in [9.17, 15) is 0 Å². The van der Waals surface area contributed by atoms with Gasteiger partial charge in [0, 0.05) is 25.8 Å². The van der Waals surface area contributed by atoms with Gasteiger partial charge in [-0.1, -0.05) is 43.3 Å². The van der Waals surface area contributed by atoms with Crippen LogP contribution in [0.4, 0.5) is 0 Å². The molecule has 2 nitrogen and oxygen atoms in total. The van der Waals surface area contributed by atoms with Gasteiger partial charge in [0.15, 0.2) is 0 Å². The lowest BCUT2D eigenvalue weighted by Gasteiger charge is -2.32.